The summed E-state index contributed by atoms with van der Waals surface area (Å²) in [6.07, 6.45) is -5.06. The summed E-state index contributed by atoms with van der Waals surface area (Å²) in [5, 5.41) is 0. The highest BCUT2D eigenvalue weighted by molar-refractivity contribution is 9.13. The molecule has 0 saturated carbocycles. The Morgan fingerprint density at radius 3 is 2.40 bits per heavy atom. The number of thiophene rings is 1. The second-order valence-electron chi connectivity index (χ2n) is 3.03. The molecule has 0 amide bonds. The van der Waals surface area contributed by atoms with Crippen molar-refractivity contribution in [1.82, 2.24) is 0 Å². The molecule has 0 aliphatic carbocycles. The molecule has 1 rings (SSSR count). The van der Waals surface area contributed by atoms with Crippen LogP contribution >= 0.6 is 43.2 Å². The molecule has 15 heavy (non-hydrogen) atoms. The summed E-state index contributed by atoms with van der Waals surface area (Å²) in [7, 11) is 0. The van der Waals surface area contributed by atoms with Crippen molar-refractivity contribution in [3.63, 3.8) is 0 Å². The lowest BCUT2D eigenvalue weighted by atomic mass is 10.1. The van der Waals surface area contributed by atoms with Crippen LogP contribution < -0.4 is 5.73 Å². The second kappa shape index (κ2) is 5.16. The van der Waals surface area contributed by atoms with Crippen molar-refractivity contribution in [3.05, 3.63) is 19.2 Å². The molecule has 86 valence electrons. The molecule has 0 saturated heterocycles. The molecule has 0 aromatic carbocycles. The van der Waals surface area contributed by atoms with Gasteiger partial charge < -0.3 is 5.73 Å². The van der Waals surface area contributed by atoms with Gasteiger partial charge in [-0.15, -0.1) is 11.3 Å². The number of hydrogen-bond donors (Lipinski definition) is 1. The smallest absolute Gasteiger partial charge is 0.323 e. The van der Waals surface area contributed by atoms with Gasteiger partial charge in [0.15, 0.2) is 0 Å². The molecule has 1 aromatic rings. The van der Waals surface area contributed by atoms with Crippen molar-refractivity contribution in [3.8, 4) is 0 Å². The minimum Gasteiger partial charge on any atom is -0.323 e. The number of alkyl halides is 3. The van der Waals surface area contributed by atoms with Crippen LogP contribution in [0.1, 0.15) is 23.8 Å². The van der Waals surface area contributed by atoms with Crippen LogP contribution in [0.3, 0.4) is 0 Å². The molecule has 0 spiro atoms. The Bertz CT molecular complexity index is 318. The molecule has 1 heterocycles. The first-order chi connectivity index (χ1) is 6.79. The monoisotopic (exact) mass is 365 g/mol. The normalized spacial score (nSPS) is 14.3. The van der Waals surface area contributed by atoms with Crippen molar-refractivity contribution in [2.75, 3.05) is 0 Å². The molecule has 1 nitrogen and oxygen atoms in total. The summed E-state index contributed by atoms with van der Waals surface area (Å²) < 4.78 is 37.5. The highest BCUT2D eigenvalue weighted by Gasteiger charge is 2.28. The fourth-order valence-corrected chi connectivity index (χ4v) is 3.13. The Hall–Kier alpha value is 0.410. The molecule has 0 aliphatic rings. The SMILES string of the molecule is N[C@@H](CCC(F)(F)F)c1cc(Br)c(Br)s1. The first-order valence-electron chi connectivity index (χ1n) is 4.06. The van der Waals surface area contributed by atoms with Crippen molar-refractivity contribution in [2.24, 2.45) is 5.73 Å². The first kappa shape index (κ1) is 13.5. The van der Waals surface area contributed by atoms with E-state index >= 15 is 0 Å². The maximum absolute atomic E-state index is 11.9. The minimum atomic E-state index is -4.14. The molecule has 7 heteroatoms. The van der Waals surface area contributed by atoms with Gasteiger partial charge in [-0.2, -0.15) is 13.2 Å². The largest absolute Gasteiger partial charge is 0.389 e. The van der Waals surface area contributed by atoms with E-state index in [-0.39, 0.29) is 6.42 Å². The van der Waals surface area contributed by atoms with Crippen LogP contribution in [-0.4, -0.2) is 6.18 Å². The molecule has 1 atom stereocenters. The fraction of sp³-hybridized carbons (Fsp3) is 0.500. The lowest BCUT2D eigenvalue weighted by molar-refractivity contribution is -0.136. The van der Waals surface area contributed by atoms with E-state index in [1.807, 2.05) is 0 Å². The average Bonchev–Trinajstić information content (AvgIpc) is 2.42. The number of nitrogens with two attached hydrogens (primary N) is 1. The summed E-state index contributed by atoms with van der Waals surface area (Å²) in [5.41, 5.74) is 5.65. The van der Waals surface area contributed by atoms with Gasteiger partial charge in [0.1, 0.15) is 0 Å². The van der Waals surface area contributed by atoms with Gasteiger partial charge in [0, 0.05) is 21.8 Å². The third-order valence-electron chi connectivity index (χ3n) is 1.77. The van der Waals surface area contributed by atoms with E-state index in [0.717, 1.165) is 13.1 Å². The lowest BCUT2D eigenvalue weighted by Gasteiger charge is -2.11. The van der Waals surface area contributed by atoms with Crippen molar-refractivity contribution in [1.29, 1.82) is 0 Å². The minimum absolute atomic E-state index is 0.0805. The summed E-state index contributed by atoms with van der Waals surface area (Å²) >= 11 is 7.88. The van der Waals surface area contributed by atoms with Crippen LogP contribution in [0.25, 0.3) is 0 Å². The zero-order valence-electron chi connectivity index (χ0n) is 7.44. The maximum Gasteiger partial charge on any atom is 0.389 e. The predicted molar refractivity (Wildman–Crippen MR) is 61.9 cm³/mol. The van der Waals surface area contributed by atoms with Gasteiger partial charge in [-0.1, -0.05) is 0 Å². The van der Waals surface area contributed by atoms with Crippen molar-refractivity contribution < 1.29 is 13.2 Å². The number of rotatable bonds is 3. The molecule has 0 aliphatic heterocycles. The highest BCUT2D eigenvalue weighted by atomic mass is 79.9. The van der Waals surface area contributed by atoms with Crippen LogP contribution in [0.2, 0.25) is 0 Å². The summed E-state index contributed by atoms with van der Waals surface area (Å²) in [4.78, 5) is 0.748. The van der Waals surface area contributed by atoms with E-state index < -0.39 is 18.6 Å². The fourth-order valence-electron chi connectivity index (χ4n) is 1.01. The van der Waals surface area contributed by atoms with Gasteiger partial charge in [0.25, 0.3) is 0 Å². The average molecular weight is 367 g/mol. The zero-order chi connectivity index (χ0) is 11.6. The van der Waals surface area contributed by atoms with Crippen molar-refractivity contribution in [2.45, 2.75) is 25.1 Å². The van der Waals surface area contributed by atoms with E-state index in [9.17, 15) is 13.2 Å². The Morgan fingerprint density at radius 1 is 1.40 bits per heavy atom. The summed E-state index contributed by atoms with van der Waals surface area (Å²) in [6, 6.07) is 1.19. The highest BCUT2D eigenvalue weighted by Crippen LogP contribution is 2.37. The molecule has 0 bridgehead atoms. The number of hydrogen-bond acceptors (Lipinski definition) is 2. The van der Waals surface area contributed by atoms with E-state index in [1.54, 1.807) is 6.07 Å². The molecular weight excluding hydrogens is 359 g/mol. The summed E-state index contributed by atoms with van der Waals surface area (Å²) in [6.45, 7) is 0. The second-order valence-corrected chi connectivity index (χ2v) is 6.29. The van der Waals surface area contributed by atoms with Crippen LogP contribution in [-0.2, 0) is 0 Å². The number of halogens is 5. The predicted octanol–water partition coefficient (Wildman–Crippen LogP) is 4.62. The Kier molecular flexibility index (Phi) is 4.64. The molecule has 0 radical (unpaired) electrons. The quantitative estimate of drug-likeness (QED) is 0.830. The lowest BCUT2D eigenvalue weighted by Crippen LogP contribution is -2.14. The topological polar surface area (TPSA) is 26.0 Å². The van der Waals surface area contributed by atoms with Gasteiger partial charge >= 0.3 is 6.18 Å². The molecule has 1 aromatic heterocycles. The Balaban J connectivity index is 2.58. The van der Waals surface area contributed by atoms with Gasteiger partial charge in [0.2, 0.25) is 0 Å². The Labute approximate surface area is 106 Å². The maximum atomic E-state index is 11.9. The van der Waals surface area contributed by atoms with E-state index in [1.165, 1.54) is 11.3 Å². The van der Waals surface area contributed by atoms with Gasteiger partial charge in [-0.3, -0.25) is 0 Å². The molecule has 0 unspecified atom stereocenters. The van der Waals surface area contributed by atoms with Crippen LogP contribution in [0.4, 0.5) is 13.2 Å². The third kappa shape index (κ3) is 4.42. The van der Waals surface area contributed by atoms with Crippen LogP contribution in [0, 0.1) is 0 Å². The summed E-state index contributed by atoms with van der Waals surface area (Å²) in [5.74, 6) is 0. The third-order valence-corrected chi connectivity index (χ3v) is 5.16. The van der Waals surface area contributed by atoms with E-state index in [0.29, 0.717) is 0 Å². The standard InChI is InChI=1S/C8H8Br2F3NS/c9-4-3-6(15-7(4)10)5(14)1-2-8(11,12)13/h3,5H,1-2,14H2/t5-/m0/s1. The van der Waals surface area contributed by atoms with Crippen LogP contribution in [0.15, 0.2) is 14.3 Å². The van der Waals surface area contributed by atoms with Gasteiger partial charge in [-0.05, 0) is 44.3 Å². The Morgan fingerprint density at radius 2 is 2.00 bits per heavy atom. The first-order valence-corrected chi connectivity index (χ1v) is 6.47. The van der Waals surface area contributed by atoms with E-state index in [4.69, 9.17) is 5.73 Å². The van der Waals surface area contributed by atoms with Gasteiger partial charge in [-0.25, -0.2) is 0 Å². The van der Waals surface area contributed by atoms with Crippen molar-refractivity contribution >= 4 is 43.2 Å². The molecule has 0 fully saturated rings. The molecular formula is C8H8Br2F3NS. The zero-order valence-corrected chi connectivity index (χ0v) is 11.4. The molecule has 2 N–H and O–H groups in total. The van der Waals surface area contributed by atoms with Crippen LogP contribution in [0.5, 0.6) is 0 Å². The van der Waals surface area contributed by atoms with Gasteiger partial charge in [0.05, 0.1) is 3.79 Å². The van der Waals surface area contributed by atoms with E-state index in [2.05, 4.69) is 31.9 Å².